The van der Waals surface area contributed by atoms with Gasteiger partial charge in [0.15, 0.2) is 11.5 Å². The van der Waals surface area contributed by atoms with E-state index in [2.05, 4.69) is 3.15 Å². The van der Waals surface area contributed by atoms with Crippen molar-refractivity contribution in [2.45, 2.75) is 0 Å². The van der Waals surface area contributed by atoms with Crippen molar-refractivity contribution in [2.75, 3.05) is 0 Å². The fraction of sp³-hybridized carbons (Fsp3) is 0. The Morgan fingerprint density at radius 1 is 1.78 bits per heavy atom. The van der Waals surface area contributed by atoms with Crippen LogP contribution in [0.15, 0.2) is 24.8 Å². The van der Waals surface area contributed by atoms with E-state index >= 15 is 0 Å². The summed E-state index contributed by atoms with van der Waals surface area (Å²) in [5.74, 6) is -0.0107. The second kappa shape index (κ2) is 2.73. The number of aliphatic hydroxyl groups excluding tert-OH is 1. The van der Waals surface area contributed by atoms with Crippen molar-refractivity contribution in [3.05, 3.63) is 21.6 Å². The molecule has 0 saturated heterocycles. The summed E-state index contributed by atoms with van der Waals surface area (Å²) in [6.45, 7) is 0. The molecule has 1 aliphatic rings. The Labute approximate surface area is 62.5 Å². The van der Waals surface area contributed by atoms with E-state index in [1.54, 1.807) is 10.2 Å². The van der Waals surface area contributed by atoms with Crippen LogP contribution in [0.4, 0.5) is 0 Å². The zero-order chi connectivity index (χ0) is 6.69. The summed E-state index contributed by atoms with van der Waals surface area (Å²) < 4.78 is 5.62. The van der Waals surface area contributed by atoms with E-state index < -0.39 is 0 Å². The molecule has 46 valence electrons. The summed E-state index contributed by atoms with van der Waals surface area (Å²) in [5.41, 5.74) is 0.172. The molecule has 0 aromatic rings. The van der Waals surface area contributed by atoms with Gasteiger partial charge in [-0.1, -0.05) is 0 Å². The summed E-state index contributed by atoms with van der Waals surface area (Å²) >= 11 is -0.355. The van der Waals surface area contributed by atoms with Gasteiger partial charge in [-0.15, -0.1) is 0 Å². The van der Waals surface area contributed by atoms with Crippen LogP contribution in [0.3, 0.4) is 0 Å². The first-order chi connectivity index (χ1) is 4.34. The maximum absolute atomic E-state index is 8.86. The molecule has 0 atom stereocenters. The van der Waals surface area contributed by atoms with E-state index in [1.165, 1.54) is 6.08 Å². The largest absolute Gasteiger partial charge is 0.505 e. The molecule has 4 heteroatoms. The van der Waals surface area contributed by atoms with Gasteiger partial charge in [-0.25, -0.2) is 3.15 Å². The number of hydrogen-bond acceptors (Lipinski definition) is 3. The molecule has 0 radical (unpaired) electrons. The van der Waals surface area contributed by atoms with E-state index in [9.17, 15) is 0 Å². The molecule has 0 aliphatic carbocycles. The van der Waals surface area contributed by atoms with Gasteiger partial charge in [-0.3, -0.25) is 0 Å². The first-order valence-electron chi connectivity index (χ1n) is 2.18. The monoisotopic (exact) mass is 234 g/mol. The summed E-state index contributed by atoms with van der Waals surface area (Å²) in [5, 5.41) is 17.1. The number of nitrogens with zero attached hydrogens (tertiary/aromatic N) is 2. The molecule has 9 heavy (non-hydrogen) atoms. The SMILES string of the molecule is N#CC1=C(O)C=CI=N1. The summed E-state index contributed by atoms with van der Waals surface area (Å²) in [6, 6.07) is 1.79. The van der Waals surface area contributed by atoms with Gasteiger partial charge in [0.2, 0.25) is 0 Å². The number of aliphatic hydroxyl groups is 1. The van der Waals surface area contributed by atoms with Crippen LogP contribution in [0.25, 0.3) is 0 Å². The van der Waals surface area contributed by atoms with E-state index in [0.717, 1.165) is 0 Å². The molecule has 0 spiro atoms. The lowest BCUT2D eigenvalue weighted by Crippen LogP contribution is -1.81. The van der Waals surface area contributed by atoms with Crippen LogP contribution in [0.5, 0.6) is 0 Å². The number of rotatable bonds is 0. The average Bonchev–Trinajstić information content (AvgIpc) is 1.89. The lowest BCUT2D eigenvalue weighted by Gasteiger charge is -1.93. The molecule has 1 N–H and O–H groups in total. The highest BCUT2D eigenvalue weighted by Gasteiger charge is 2.00. The van der Waals surface area contributed by atoms with Crippen molar-refractivity contribution in [1.82, 2.24) is 0 Å². The highest BCUT2D eigenvalue weighted by atomic mass is 127. The summed E-state index contributed by atoms with van der Waals surface area (Å²) in [6.07, 6.45) is 1.53. The zero-order valence-corrected chi connectivity index (χ0v) is 6.53. The van der Waals surface area contributed by atoms with Crippen LogP contribution in [0.2, 0.25) is 0 Å². The predicted molar refractivity (Wildman–Crippen MR) is 40.9 cm³/mol. The van der Waals surface area contributed by atoms with Gasteiger partial charge in [0.1, 0.15) is 6.07 Å². The minimum atomic E-state index is -0.355. The fourth-order valence-electron chi connectivity index (χ4n) is 0.363. The van der Waals surface area contributed by atoms with Crippen molar-refractivity contribution >= 4 is 21.0 Å². The lowest BCUT2D eigenvalue weighted by atomic mass is 10.4. The number of nitriles is 1. The molecular formula is C5H3IN2O. The Bertz CT molecular complexity index is 246. The first kappa shape index (κ1) is 6.42. The van der Waals surface area contributed by atoms with Crippen LogP contribution in [-0.4, -0.2) is 5.11 Å². The van der Waals surface area contributed by atoms with E-state index in [-0.39, 0.29) is 32.5 Å². The molecule has 3 nitrogen and oxygen atoms in total. The molecule has 0 amide bonds. The van der Waals surface area contributed by atoms with Crippen molar-refractivity contribution in [2.24, 2.45) is 3.15 Å². The zero-order valence-electron chi connectivity index (χ0n) is 4.37. The van der Waals surface area contributed by atoms with Gasteiger partial charge in [-0.2, -0.15) is 5.26 Å². The second-order valence-electron chi connectivity index (χ2n) is 1.32. The molecule has 0 unspecified atom stereocenters. The van der Waals surface area contributed by atoms with Crippen molar-refractivity contribution < 1.29 is 5.11 Å². The molecule has 0 aromatic carbocycles. The second-order valence-corrected chi connectivity index (χ2v) is 3.08. The van der Waals surface area contributed by atoms with Gasteiger partial charge >= 0.3 is 0 Å². The standard InChI is InChI=1S/C5H3IN2O/c7-3-4-5(9)1-2-6-8-4/h1-2,9H. The smallest absolute Gasteiger partial charge is 0.188 e. The lowest BCUT2D eigenvalue weighted by molar-refractivity contribution is 0.427. The Morgan fingerprint density at radius 2 is 2.56 bits per heavy atom. The van der Waals surface area contributed by atoms with E-state index in [4.69, 9.17) is 10.4 Å². The molecule has 0 bridgehead atoms. The van der Waals surface area contributed by atoms with Crippen LogP contribution >= 0.6 is 21.0 Å². The van der Waals surface area contributed by atoms with Gasteiger partial charge in [0.25, 0.3) is 0 Å². The third-order valence-electron chi connectivity index (χ3n) is 0.759. The van der Waals surface area contributed by atoms with Crippen LogP contribution in [-0.2, 0) is 0 Å². The first-order valence-corrected chi connectivity index (χ1v) is 4.39. The summed E-state index contributed by atoms with van der Waals surface area (Å²) in [4.78, 5) is 0. The molecule has 1 rings (SSSR count). The molecule has 0 fully saturated rings. The van der Waals surface area contributed by atoms with Crippen molar-refractivity contribution in [3.8, 4) is 6.07 Å². The van der Waals surface area contributed by atoms with Gasteiger partial charge in [0, 0.05) is 21.0 Å². The molecule has 1 aliphatic heterocycles. The quantitative estimate of drug-likeness (QED) is 0.651. The van der Waals surface area contributed by atoms with Crippen LogP contribution in [0, 0.1) is 11.3 Å². The molecule has 1 heterocycles. The Balaban J connectivity index is 3.06. The Morgan fingerprint density at radius 3 is 3.00 bits per heavy atom. The fourth-order valence-corrected chi connectivity index (χ4v) is 1.66. The average molecular weight is 234 g/mol. The molecular weight excluding hydrogens is 231 g/mol. The van der Waals surface area contributed by atoms with Crippen LogP contribution < -0.4 is 0 Å². The van der Waals surface area contributed by atoms with Crippen molar-refractivity contribution in [1.29, 1.82) is 5.26 Å². The van der Waals surface area contributed by atoms with Crippen molar-refractivity contribution in [3.63, 3.8) is 0 Å². The molecule has 0 aromatic heterocycles. The highest BCUT2D eigenvalue weighted by molar-refractivity contribution is 14.2. The number of hydrogen-bond donors (Lipinski definition) is 1. The van der Waals surface area contributed by atoms with Gasteiger partial charge < -0.3 is 5.11 Å². The normalized spacial score (nSPS) is 16.8. The van der Waals surface area contributed by atoms with E-state index in [0.29, 0.717) is 0 Å². The van der Waals surface area contributed by atoms with Crippen LogP contribution in [0.1, 0.15) is 0 Å². The highest BCUT2D eigenvalue weighted by Crippen LogP contribution is 2.18. The topological polar surface area (TPSA) is 56.4 Å². The number of halogens is 1. The number of allylic oxidation sites excluding steroid dienone is 2. The third kappa shape index (κ3) is 1.36. The third-order valence-corrected chi connectivity index (χ3v) is 2.20. The maximum atomic E-state index is 8.86. The van der Waals surface area contributed by atoms with E-state index in [1.807, 2.05) is 0 Å². The Kier molecular flexibility index (Phi) is 1.95. The minimum Gasteiger partial charge on any atom is -0.505 e. The molecule has 0 saturated carbocycles. The van der Waals surface area contributed by atoms with Gasteiger partial charge in [-0.05, 0) is 10.2 Å². The summed E-state index contributed by atoms with van der Waals surface area (Å²) in [7, 11) is 0. The maximum Gasteiger partial charge on any atom is 0.188 e. The Hall–Kier alpha value is -0.700. The minimum absolute atomic E-state index is 0.0107. The van der Waals surface area contributed by atoms with Gasteiger partial charge in [0.05, 0.1) is 0 Å². The predicted octanol–water partition coefficient (Wildman–Crippen LogP) is 1.96.